The molecule has 0 atom stereocenters. The van der Waals surface area contributed by atoms with Gasteiger partial charge in [0.05, 0.1) is 11.5 Å². The molecule has 0 spiro atoms. The molecular weight excluding hydrogens is 226 g/mol. The van der Waals surface area contributed by atoms with Gasteiger partial charge < -0.3 is 0 Å². The van der Waals surface area contributed by atoms with E-state index in [1.54, 1.807) is 0 Å². The van der Waals surface area contributed by atoms with E-state index >= 15 is 0 Å². The molecule has 0 aliphatic carbocycles. The van der Waals surface area contributed by atoms with Gasteiger partial charge in [-0.1, -0.05) is 22.0 Å². The third kappa shape index (κ3) is 2.32. The molecule has 0 radical (unpaired) electrons. The number of aryl methyl sites for hydroxylation is 1. The first-order valence-corrected chi connectivity index (χ1v) is 4.94. The van der Waals surface area contributed by atoms with Crippen LogP contribution in [-0.2, 0) is 5.41 Å². The van der Waals surface area contributed by atoms with E-state index in [0.717, 1.165) is 10.0 Å². The Morgan fingerprint density at radius 1 is 1.31 bits per heavy atom. The summed E-state index contributed by atoms with van der Waals surface area (Å²) in [6.07, 6.45) is 0. The van der Waals surface area contributed by atoms with Crippen LogP contribution in [0.25, 0.3) is 0 Å². The highest BCUT2D eigenvalue weighted by molar-refractivity contribution is 9.10. The number of nitrogens with zero attached hydrogens (tertiary/aromatic N) is 1. The van der Waals surface area contributed by atoms with Crippen LogP contribution < -0.4 is 0 Å². The molecule has 0 aliphatic rings. The van der Waals surface area contributed by atoms with E-state index in [-0.39, 0.29) is 0 Å². The summed E-state index contributed by atoms with van der Waals surface area (Å²) in [7, 11) is 0. The van der Waals surface area contributed by atoms with Crippen LogP contribution in [0.3, 0.4) is 0 Å². The van der Waals surface area contributed by atoms with E-state index in [0.29, 0.717) is 0 Å². The predicted octanol–water partition coefficient (Wildman–Crippen LogP) is 3.56. The average Bonchev–Trinajstić information content (AvgIpc) is 2.02. The zero-order valence-corrected chi connectivity index (χ0v) is 9.64. The van der Waals surface area contributed by atoms with Crippen molar-refractivity contribution >= 4 is 15.9 Å². The predicted molar refractivity (Wildman–Crippen MR) is 57.5 cm³/mol. The molecule has 1 nitrogen and oxygen atoms in total. The maximum absolute atomic E-state index is 8.96. The molecular formula is C11H12BrN. The molecule has 68 valence electrons. The molecule has 2 heteroatoms. The molecule has 1 aromatic carbocycles. The highest BCUT2D eigenvalue weighted by atomic mass is 79.9. The smallest absolute Gasteiger partial charge is 0.0766 e. The minimum Gasteiger partial charge on any atom is -0.197 e. The SMILES string of the molecule is Cc1cc(Br)cc(C(C)(C)C#N)c1. The van der Waals surface area contributed by atoms with E-state index in [1.165, 1.54) is 5.56 Å². The molecule has 0 heterocycles. The summed E-state index contributed by atoms with van der Waals surface area (Å²) in [5, 5.41) is 8.96. The molecule has 1 rings (SSSR count). The maximum Gasteiger partial charge on any atom is 0.0766 e. The van der Waals surface area contributed by atoms with Gasteiger partial charge in [-0.25, -0.2) is 0 Å². The van der Waals surface area contributed by atoms with Crippen molar-refractivity contribution in [1.82, 2.24) is 0 Å². The summed E-state index contributed by atoms with van der Waals surface area (Å²) >= 11 is 3.43. The van der Waals surface area contributed by atoms with Crippen LogP contribution in [0.1, 0.15) is 25.0 Å². The zero-order valence-electron chi connectivity index (χ0n) is 8.06. The van der Waals surface area contributed by atoms with Gasteiger partial charge in [-0.05, 0) is 44.0 Å². The lowest BCUT2D eigenvalue weighted by Gasteiger charge is -2.16. The normalized spacial score (nSPS) is 11.0. The highest BCUT2D eigenvalue weighted by Crippen LogP contribution is 2.26. The minimum absolute atomic E-state index is 0.408. The Labute approximate surface area is 87.5 Å². The monoisotopic (exact) mass is 237 g/mol. The lowest BCUT2D eigenvalue weighted by molar-refractivity contribution is 0.685. The van der Waals surface area contributed by atoms with Gasteiger partial charge in [0.1, 0.15) is 0 Å². The van der Waals surface area contributed by atoms with E-state index < -0.39 is 5.41 Å². The second-order valence-electron chi connectivity index (χ2n) is 3.75. The van der Waals surface area contributed by atoms with Crippen LogP contribution in [-0.4, -0.2) is 0 Å². The standard InChI is InChI=1S/C11H12BrN/c1-8-4-9(6-10(12)5-8)11(2,3)7-13/h4-6H,1-3H3. The van der Waals surface area contributed by atoms with Gasteiger partial charge in [-0.2, -0.15) is 5.26 Å². The van der Waals surface area contributed by atoms with Crippen LogP contribution in [0.15, 0.2) is 22.7 Å². The van der Waals surface area contributed by atoms with Crippen molar-refractivity contribution in [3.8, 4) is 6.07 Å². The first-order chi connectivity index (χ1) is 5.95. The lowest BCUT2D eigenvalue weighted by atomic mass is 9.86. The first kappa shape index (κ1) is 10.3. The van der Waals surface area contributed by atoms with Crippen molar-refractivity contribution in [1.29, 1.82) is 5.26 Å². The van der Waals surface area contributed by atoms with Crippen LogP contribution >= 0.6 is 15.9 Å². The fraction of sp³-hybridized carbons (Fsp3) is 0.364. The second-order valence-corrected chi connectivity index (χ2v) is 4.67. The molecule has 0 bridgehead atoms. The van der Waals surface area contributed by atoms with E-state index in [1.807, 2.05) is 39.0 Å². The third-order valence-corrected chi connectivity index (χ3v) is 2.50. The first-order valence-electron chi connectivity index (χ1n) is 4.14. The fourth-order valence-corrected chi connectivity index (χ4v) is 1.77. The van der Waals surface area contributed by atoms with Crippen molar-refractivity contribution < 1.29 is 0 Å². The number of nitriles is 1. The summed E-state index contributed by atoms with van der Waals surface area (Å²) in [5.74, 6) is 0. The topological polar surface area (TPSA) is 23.8 Å². The largest absolute Gasteiger partial charge is 0.197 e. The van der Waals surface area contributed by atoms with Crippen molar-refractivity contribution in [2.75, 3.05) is 0 Å². The van der Waals surface area contributed by atoms with E-state index in [2.05, 4.69) is 22.0 Å². The molecule has 0 aliphatic heterocycles. The molecule has 0 saturated carbocycles. The van der Waals surface area contributed by atoms with Crippen molar-refractivity contribution in [2.24, 2.45) is 0 Å². The Bertz CT molecular complexity index is 341. The second kappa shape index (κ2) is 3.51. The van der Waals surface area contributed by atoms with Gasteiger partial charge in [-0.15, -0.1) is 0 Å². The summed E-state index contributed by atoms with van der Waals surface area (Å²) < 4.78 is 1.03. The lowest BCUT2D eigenvalue weighted by Crippen LogP contribution is -2.13. The van der Waals surface area contributed by atoms with Crippen molar-refractivity contribution in [2.45, 2.75) is 26.2 Å². The third-order valence-electron chi connectivity index (χ3n) is 2.04. The number of halogens is 1. The Balaban J connectivity index is 3.25. The minimum atomic E-state index is -0.408. The quantitative estimate of drug-likeness (QED) is 0.733. The van der Waals surface area contributed by atoms with Gasteiger partial charge in [0.15, 0.2) is 0 Å². The van der Waals surface area contributed by atoms with Gasteiger partial charge >= 0.3 is 0 Å². The summed E-state index contributed by atoms with van der Waals surface area (Å²) in [4.78, 5) is 0. The molecule has 0 unspecified atom stereocenters. The molecule has 0 fully saturated rings. The van der Waals surface area contributed by atoms with Gasteiger partial charge in [-0.3, -0.25) is 0 Å². The summed E-state index contributed by atoms with van der Waals surface area (Å²) in [5.41, 5.74) is 1.82. The maximum atomic E-state index is 8.96. The number of benzene rings is 1. The average molecular weight is 238 g/mol. The van der Waals surface area contributed by atoms with Crippen LogP contribution in [0.4, 0.5) is 0 Å². The number of hydrogen-bond acceptors (Lipinski definition) is 1. The zero-order chi connectivity index (χ0) is 10.1. The number of rotatable bonds is 1. The molecule has 0 amide bonds. The van der Waals surface area contributed by atoms with Gasteiger partial charge in [0.25, 0.3) is 0 Å². The van der Waals surface area contributed by atoms with Crippen LogP contribution in [0.2, 0.25) is 0 Å². The van der Waals surface area contributed by atoms with Crippen molar-refractivity contribution in [3.05, 3.63) is 33.8 Å². The van der Waals surface area contributed by atoms with Gasteiger partial charge in [0.2, 0.25) is 0 Å². The molecule has 0 N–H and O–H groups in total. The molecule has 0 saturated heterocycles. The van der Waals surface area contributed by atoms with Gasteiger partial charge in [0, 0.05) is 4.47 Å². The Morgan fingerprint density at radius 3 is 2.38 bits per heavy atom. The highest BCUT2D eigenvalue weighted by Gasteiger charge is 2.19. The Morgan fingerprint density at radius 2 is 1.92 bits per heavy atom. The Hall–Kier alpha value is -0.810. The molecule has 13 heavy (non-hydrogen) atoms. The van der Waals surface area contributed by atoms with Crippen LogP contribution in [0, 0.1) is 18.3 Å². The van der Waals surface area contributed by atoms with E-state index in [9.17, 15) is 0 Å². The summed E-state index contributed by atoms with van der Waals surface area (Å²) in [6.45, 7) is 5.88. The van der Waals surface area contributed by atoms with E-state index in [4.69, 9.17) is 5.26 Å². The van der Waals surface area contributed by atoms with Crippen molar-refractivity contribution in [3.63, 3.8) is 0 Å². The molecule has 0 aromatic heterocycles. The van der Waals surface area contributed by atoms with Crippen LogP contribution in [0.5, 0.6) is 0 Å². The molecule has 1 aromatic rings. The number of hydrogen-bond donors (Lipinski definition) is 0. The Kier molecular flexibility index (Phi) is 2.77. The summed E-state index contributed by atoms with van der Waals surface area (Å²) in [6, 6.07) is 8.38. The fourth-order valence-electron chi connectivity index (χ4n) is 1.16.